The maximum absolute atomic E-state index is 11.4. The van der Waals surface area contributed by atoms with E-state index in [0.29, 0.717) is 37.0 Å². The van der Waals surface area contributed by atoms with E-state index in [1.54, 1.807) is 0 Å². The summed E-state index contributed by atoms with van der Waals surface area (Å²) in [6, 6.07) is 24.3. The molecule has 0 aliphatic rings. The fourth-order valence-corrected chi connectivity index (χ4v) is 5.68. The van der Waals surface area contributed by atoms with Crippen LogP contribution in [0.1, 0.15) is 10.6 Å². The summed E-state index contributed by atoms with van der Waals surface area (Å²) in [6.07, 6.45) is 3.11. The van der Waals surface area contributed by atoms with E-state index in [0.717, 1.165) is 32.5 Å². The number of aromatic nitrogens is 5. The van der Waals surface area contributed by atoms with Crippen molar-refractivity contribution in [2.75, 3.05) is 23.9 Å². The van der Waals surface area contributed by atoms with Gasteiger partial charge in [0.25, 0.3) is 0 Å². The molecule has 0 unspecified atom stereocenters. The van der Waals surface area contributed by atoms with E-state index in [9.17, 15) is 8.42 Å². The summed E-state index contributed by atoms with van der Waals surface area (Å²) in [6.45, 7) is 1.57. The minimum absolute atomic E-state index is 0.0909. The van der Waals surface area contributed by atoms with Gasteiger partial charge in [0, 0.05) is 41.2 Å². The van der Waals surface area contributed by atoms with Crippen LogP contribution in [0.5, 0.6) is 0 Å². The van der Waals surface area contributed by atoms with Gasteiger partial charge >= 0.3 is 0 Å². The zero-order valence-electron chi connectivity index (χ0n) is 21.8. The second-order valence-electron chi connectivity index (χ2n) is 9.53. The molecule has 0 spiro atoms. The van der Waals surface area contributed by atoms with Gasteiger partial charge in [-0.15, -0.1) is 11.3 Å². The molecular formula is C29H27N7O2S2. The first-order valence-corrected chi connectivity index (χ1v) is 15.7. The van der Waals surface area contributed by atoms with E-state index >= 15 is 0 Å². The molecule has 6 aromatic rings. The largest absolute Gasteiger partial charge is 0.340 e. The van der Waals surface area contributed by atoms with Gasteiger partial charge in [-0.1, -0.05) is 42.5 Å². The van der Waals surface area contributed by atoms with Crippen LogP contribution < -0.4 is 10.6 Å². The Bertz CT molecular complexity index is 1900. The third kappa shape index (κ3) is 6.01. The first-order valence-electron chi connectivity index (χ1n) is 12.8. The molecule has 6 rings (SSSR count). The fourth-order valence-electron chi connectivity index (χ4n) is 4.42. The first kappa shape index (κ1) is 26.1. The highest BCUT2D eigenvalue weighted by molar-refractivity contribution is 7.90. The molecule has 9 nitrogen and oxygen atoms in total. The zero-order valence-corrected chi connectivity index (χ0v) is 23.4. The third-order valence-corrected chi connectivity index (χ3v) is 8.18. The standard InChI is InChI=1S/C29H27N7O2S2/c1-40(37,38)14-13-30-17-27-33-25(19-39-27)29-34-24-10-6-5-9-23(24)28(35-29)32-22-11-12-26-21(15-22)16-31-36(26)18-20-7-3-2-4-8-20/h2-12,15-16,19,30H,13-14,17-18H2,1H3,(H,32,34,35). The van der Waals surface area contributed by atoms with E-state index in [1.807, 2.05) is 64.8 Å². The molecule has 40 heavy (non-hydrogen) atoms. The summed E-state index contributed by atoms with van der Waals surface area (Å²) in [5, 5.41) is 15.9. The average Bonchev–Trinajstić information content (AvgIpc) is 3.58. The third-order valence-electron chi connectivity index (χ3n) is 6.39. The van der Waals surface area contributed by atoms with Crippen LogP contribution in [0.25, 0.3) is 33.3 Å². The van der Waals surface area contributed by atoms with Crippen molar-refractivity contribution in [3.63, 3.8) is 0 Å². The van der Waals surface area contributed by atoms with E-state index in [4.69, 9.17) is 15.0 Å². The number of benzene rings is 3. The van der Waals surface area contributed by atoms with Gasteiger partial charge in [0.1, 0.15) is 26.4 Å². The molecule has 202 valence electrons. The first-order chi connectivity index (χ1) is 19.4. The summed E-state index contributed by atoms with van der Waals surface area (Å²) in [4.78, 5) is 14.3. The molecule has 0 saturated carbocycles. The second kappa shape index (κ2) is 11.1. The maximum atomic E-state index is 11.4. The van der Waals surface area contributed by atoms with Crippen molar-refractivity contribution in [2.45, 2.75) is 13.1 Å². The van der Waals surface area contributed by atoms with E-state index in [-0.39, 0.29) is 5.75 Å². The fraction of sp³-hybridized carbons (Fsp3) is 0.172. The number of thiazole rings is 1. The Morgan fingerprint density at radius 2 is 1.77 bits per heavy atom. The van der Waals surface area contributed by atoms with Crippen molar-refractivity contribution in [3.05, 3.63) is 94.9 Å². The minimum atomic E-state index is -3.00. The Kier molecular flexibility index (Phi) is 7.25. The summed E-state index contributed by atoms with van der Waals surface area (Å²) < 4.78 is 24.7. The molecule has 0 aliphatic carbocycles. The smallest absolute Gasteiger partial charge is 0.181 e. The normalized spacial score (nSPS) is 11.8. The van der Waals surface area contributed by atoms with Crippen molar-refractivity contribution in [3.8, 4) is 11.5 Å². The van der Waals surface area contributed by atoms with Gasteiger partial charge in [0.15, 0.2) is 5.82 Å². The monoisotopic (exact) mass is 569 g/mol. The number of hydrogen-bond donors (Lipinski definition) is 2. The highest BCUT2D eigenvalue weighted by atomic mass is 32.2. The van der Waals surface area contributed by atoms with Crippen molar-refractivity contribution < 1.29 is 8.42 Å². The lowest BCUT2D eigenvalue weighted by atomic mass is 10.2. The molecule has 3 aromatic heterocycles. The predicted molar refractivity (Wildman–Crippen MR) is 161 cm³/mol. The van der Waals surface area contributed by atoms with Gasteiger partial charge in [-0.05, 0) is 35.9 Å². The Morgan fingerprint density at radius 1 is 0.950 bits per heavy atom. The van der Waals surface area contributed by atoms with Crippen molar-refractivity contribution in [1.29, 1.82) is 0 Å². The molecule has 11 heteroatoms. The van der Waals surface area contributed by atoms with Crippen LogP contribution in [0, 0.1) is 0 Å². The van der Waals surface area contributed by atoms with E-state index < -0.39 is 9.84 Å². The molecule has 0 saturated heterocycles. The molecule has 3 aromatic carbocycles. The lowest BCUT2D eigenvalue weighted by Crippen LogP contribution is -2.21. The number of sulfone groups is 1. The lowest BCUT2D eigenvalue weighted by molar-refractivity contribution is 0.596. The molecule has 0 radical (unpaired) electrons. The Morgan fingerprint density at radius 3 is 2.62 bits per heavy atom. The molecule has 3 heterocycles. The summed E-state index contributed by atoms with van der Waals surface area (Å²) >= 11 is 1.49. The van der Waals surface area contributed by atoms with Gasteiger partial charge in [-0.25, -0.2) is 23.4 Å². The molecular weight excluding hydrogens is 543 g/mol. The lowest BCUT2D eigenvalue weighted by Gasteiger charge is -2.11. The molecule has 0 fully saturated rings. The highest BCUT2D eigenvalue weighted by Crippen LogP contribution is 2.29. The second-order valence-corrected chi connectivity index (χ2v) is 12.7. The number of hydrogen-bond acceptors (Lipinski definition) is 9. The average molecular weight is 570 g/mol. The number of fused-ring (bicyclic) bond motifs is 2. The number of para-hydroxylation sites is 1. The quantitative estimate of drug-likeness (QED) is 0.221. The zero-order chi connectivity index (χ0) is 27.5. The summed E-state index contributed by atoms with van der Waals surface area (Å²) in [5.41, 5.74) is 4.65. The summed E-state index contributed by atoms with van der Waals surface area (Å²) in [5.74, 6) is 1.31. The number of anilines is 2. The number of rotatable bonds is 10. The molecule has 0 aliphatic heterocycles. The molecule has 0 bridgehead atoms. The number of nitrogens with zero attached hydrogens (tertiary/aromatic N) is 5. The Labute approximate surface area is 235 Å². The predicted octanol–water partition coefficient (Wildman–Crippen LogP) is 5.03. The molecule has 0 atom stereocenters. The topological polar surface area (TPSA) is 115 Å². The van der Waals surface area contributed by atoms with Gasteiger partial charge in [0.05, 0.1) is 29.5 Å². The van der Waals surface area contributed by atoms with Crippen LogP contribution in [0.2, 0.25) is 0 Å². The number of nitrogens with one attached hydrogen (secondary N) is 2. The SMILES string of the molecule is CS(=O)(=O)CCNCc1nc(-c2nc(Nc3ccc4c(cnn4Cc4ccccc4)c3)c3ccccc3n2)cs1. The van der Waals surface area contributed by atoms with Crippen LogP contribution in [0.4, 0.5) is 11.5 Å². The van der Waals surface area contributed by atoms with Crippen molar-refractivity contribution >= 4 is 54.5 Å². The Hall–Kier alpha value is -4.19. The Balaban J connectivity index is 1.25. The van der Waals surface area contributed by atoms with Gasteiger partial charge in [0.2, 0.25) is 0 Å². The van der Waals surface area contributed by atoms with Gasteiger partial charge in [-0.2, -0.15) is 5.10 Å². The van der Waals surface area contributed by atoms with Gasteiger partial charge in [-0.3, -0.25) is 4.68 Å². The van der Waals surface area contributed by atoms with Crippen molar-refractivity contribution in [2.24, 2.45) is 0 Å². The summed E-state index contributed by atoms with van der Waals surface area (Å²) in [7, 11) is -3.00. The molecule has 2 N–H and O–H groups in total. The van der Waals surface area contributed by atoms with E-state index in [1.165, 1.54) is 23.2 Å². The van der Waals surface area contributed by atoms with Crippen LogP contribution in [-0.4, -0.2) is 51.7 Å². The van der Waals surface area contributed by atoms with E-state index in [2.05, 4.69) is 40.0 Å². The van der Waals surface area contributed by atoms with Crippen molar-refractivity contribution in [1.82, 2.24) is 30.0 Å². The van der Waals surface area contributed by atoms with Crippen LogP contribution in [0.15, 0.2) is 84.4 Å². The highest BCUT2D eigenvalue weighted by Gasteiger charge is 2.14. The maximum Gasteiger partial charge on any atom is 0.181 e. The van der Waals surface area contributed by atoms with Gasteiger partial charge < -0.3 is 10.6 Å². The van der Waals surface area contributed by atoms with Crippen LogP contribution in [0.3, 0.4) is 0 Å². The molecule has 0 amide bonds. The minimum Gasteiger partial charge on any atom is -0.340 e. The van der Waals surface area contributed by atoms with Crippen LogP contribution >= 0.6 is 11.3 Å². The van der Waals surface area contributed by atoms with Crippen LogP contribution in [-0.2, 0) is 22.9 Å².